The molecule has 0 spiro atoms. The van der Waals surface area contributed by atoms with Crippen LogP contribution >= 0.6 is 0 Å². The predicted molar refractivity (Wildman–Crippen MR) is 107 cm³/mol. The van der Waals surface area contributed by atoms with Crippen LogP contribution in [-0.4, -0.2) is 44.0 Å². The van der Waals surface area contributed by atoms with Crippen LogP contribution in [0.3, 0.4) is 0 Å². The third-order valence-electron chi connectivity index (χ3n) is 4.00. The topological polar surface area (TPSA) is 70.6 Å². The number of hydrogen-bond acceptors (Lipinski definition) is 3. The average molecular weight is 368 g/mol. The van der Waals surface area contributed by atoms with Crippen LogP contribution in [0.5, 0.6) is 0 Å². The van der Waals surface area contributed by atoms with Crippen molar-refractivity contribution in [2.45, 2.75) is 58.2 Å². The van der Waals surface area contributed by atoms with Crippen molar-refractivity contribution in [2.24, 2.45) is 4.99 Å². The molecule has 0 amide bonds. The van der Waals surface area contributed by atoms with Crippen molar-refractivity contribution in [3.63, 3.8) is 0 Å². The maximum Gasteiger partial charge on any atom is 0.191 e. The fourth-order valence-corrected chi connectivity index (χ4v) is 3.18. The second kappa shape index (κ2) is 9.80. The lowest BCUT2D eigenvalue weighted by molar-refractivity contribution is 0.560. The molecule has 0 radical (unpaired) electrons. The van der Waals surface area contributed by atoms with E-state index in [-0.39, 0.29) is 18.3 Å². The molecule has 25 heavy (non-hydrogen) atoms. The summed E-state index contributed by atoms with van der Waals surface area (Å²) in [7, 11) is -3.15. The Bertz CT molecular complexity index is 634. The third kappa shape index (κ3) is 7.90. The van der Waals surface area contributed by atoms with Gasteiger partial charge in [0.25, 0.3) is 0 Å². The number of benzene rings is 1. The van der Waals surface area contributed by atoms with E-state index in [1.807, 2.05) is 13.0 Å². The predicted octanol–water partition coefficient (Wildman–Crippen LogP) is 2.78. The van der Waals surface area contributed by atoms with Crippen molar-refractivity contribution in [3.05, 3.63) is 35.9 Å². The summed E-state index contributed by atoms with van der Waals surface area (Å²) in [5, 5.41) is 6.54. The zero-order chi connectivity index (χ0) is 18.9. The van der Waals surface area contributed by atoms with Crippen molar-refractivity contribution in [1.82, 2.24) is 10.6 Å². The summed E-state index contributed by atoms with van der Waals surface area (Å²) in [6.07, 6.45) is 1.97. The fraction of sp³-hybridized carbons (Fsp3) is 0.632. The summed E-state index contributed by atoms with van der Waals surface area (Å²) < 4.78 is 23.6. The van der Waals surface area contributed by atoms with Crippen molar-refractivity contribution < 1.29 is 8.42 Å². The van der Waals surface area contributed by atoms with Gasteiger partial charge in [-0.2, -0.15) is 0 Å². The molecule has 0 fully saturated rings. The lowest BCUT2D eigenvalue weighted by Gasteiger charge is -2.20. The first-order valence-electron chi connectivity index (χ1n) is 8.97. The molecular formula is C19H33N3O2S. The average Bonchev–Trinajstić information content (AvgIpc) is 2.53. The van der Waals surface area contributed by atoms with Crippen molar-refractivity contribution in [2.75, 3.05) is 18.8 Å². The normalized spacial score (nSPS) is 14.2. The van der Waals surface area contributed by atoms with Crippen molar-refractivity contribution in [3.8, 4) is 0 Å². The highest BCUT2D eigenvalue weighted by atomic mass is 32.2. The van der Waals surface area contributed by atoms with E-state index in [1.54, 1.807) is 20.8 Å². The first-order valence-corrected chi connectivity index (χ1v) is 10.6. The minimum Gasteiger partial charge on any atom is -0.357 e. The maximum absolute atomic E-state index is 12.2. The molecule has 2 N–H and O–H groups in total. The Morgan fingerprint density at radius 2 is 1.84 bits per heavy atom. The first kappa shape index (κ1) is 21.5. The van der Waals surface area contributed by atoms with Crippen molar-refractivity contribution >= 4 is 15.8 Å². The van der Waals surface area contributed by atoms with Gasteiger partial charge < -0.3 is 10.6 Å². The molecule has 1 atom stereocenters. The Labute approximate surface area is 153 Å². The Kier molecular flexibility index (Phi) is 8.42. The van der Waals surface area contributed by atoms with E-state index < -0.39 is 14.6 Å². The molecule has 0 bridgehead atoms. The third-order valence-corrected chi connectivity index (χ3v) is 6.59. The SMILES string of the molecule is CCNC(=NCCS(=O)(=O)C(C)(C)C)NC(C)CCc1ccccc1. The fourth-order valence-electron chi connectivity index (χ4n) is 2.24. The molecule has 1 aromatic carbocycles. The van der Waals surface area contributed by atoms with Gasteiger partial charge in [0.2, 0.25) is 0 Å². The zero-order valence-corrected chi connectivity index (χ0v) is 17.0. The number of aryl methyl sites for hydroxylation is 1. The molecule has 6 heteroatoms. The largest absolute Gasteiger partial charge is 0.357 e. The van der Waals surface area contributed by atoms with Gasteiger partial charge >= 0.3 is 0 Å². The van der Waals surface area contributed by atoms with E-state index in [1.165, 1.54) is 5.56 Å². The highest BCUT2D eigenvalue weighted by molar-refractivity contribution is 7.92. The second-order valence-corrected chi connectivity index (χ2v) is 10.1. The minimum atomic E-state index is -3.15. The highest BCUT2D eigenvalue weighted by Gasteiger charge is 2.28. The highest BCUT2D eigenvalue weighted by Crippen LogP contribution is 2.15. The number of hydrogen-bond donors (Lipinski definition) is 2. The second-order valence-electron chi connectivity index (χ2n) is 7.26. The summed E-state index contributed by atoms with van der Waals surface area (Å²) in [6.45, 7) is 10.3. The lowest BCUT2D eigenvalue weighted by Crippen LogP contribution is -2.42. The van der Waals surface area contributed by atoms with Crippen LogP contribution in [0.4, 0.5) is 0 Å². The van der Waals surface area contributed by atoms with Crippen LogP contribution in [-0.2, 0) is 16.3 Å². The number of sulfone groups is 1. The molecule has 0 aliphatic carbocycles. The van der Waals surface area contributed by atoms with Gasteiger partial charge in [0.1, 0.15) is 0 Å². The minimum absolute atomic E-state index is 0.0610. The molecule has 1 unspecified atom stereocenters. The van der Waals surface area contributed by atoms with Gasteiger partial charge in [-0.1, -0.05) is 30.3 Å². The number of aliphatic imine (C=N–C) groups is 1. The Balaban J connectivity index is 2.54. The van der Waals surface area contributed by atoms with E-state index in [0.29, 0.717) is 5.96 Å². The molecule has 142 valence electrons. The summed E-state index contributed by atoms with van der Waals surface area (Å²) in [5.41, 5.74) is 1.31. The molecule has 0 aliphatic rings. The van der Waals surface area contributed by atoms with Gasteiger partial charge in [-0.15, -0.1) is 0 Å². The molecule has 0 saturated carbocycles. The number of guanidine groups is 1. The number of nitrogens with zero attached hydrogens (tertiary/aromatic N) is 1. The summed E-state index contributed by atoms with van der Waals surface area (Å²) >= 11 is 0. The van der Waals surface area contributed by atoms with Gasteiger partial charge in [-0.3, -0.25) is 4.99 Å². The molecule has 1 rings (SSSR count). The van der Waals surface area contributed by atoms with E-state index in [2.05, 4.69) is 46.8 Å². The van der Waals surface area contributed by atoms with Crippen LogP contribution in [0.15, 0.2) is 35.3 Å². The molecule has 0 aromatic heterocycles. The van der Waals surface area contributed by atoms with Gasteiger partial charge in [-0.25, -0.2) is 8.42 Å². The standard InChI is InChI=1S/C19H33N3O2S/c1-6-20-18(21-14-15-25(23,24)19(3,4)5)22-16(2)12-13-17-10-8-7-9-11-17/h7-11,16H,6,12-15H2,1-5H3,(H2,20,21,22). The Hall–Kier alpha value is -1.56. The molecule has 0 heterocycles. The van der Waals surface area contributed by atoms with Crippen LogP contribution in [0.25, 0.3) is 0 Å². The molecule has 0 aliphatic heterocycles. The van der Waals surface area contributed by atoms with Crippen LogP contribution < -0.4 is 10.6 Å². The molecule has 0 saturated heterocycles. The zero-order valence-electron chi connectivity index (χ0n) is 16.2. The number of rotatable bonds is 8. The van der Waals surface area contributed by atoms with Gasteiger partial charge in [0.15, 0.2) is 15.8 Å². The molecule has 5 nitrogen and oxygen atoms in total. The lowest BCUT2D eigenvalue weighted by atomic mass is 10.1. The summed E-state index contributed by atoms with van der Waals surface area (Å²) in [6, 6.07) is 10.6. The van der Waals surface area contributed by atoms with Crippen LogP contribution in [0, 0.1) is 0 Å². The van der Waals surface area contributed by atoms with Crippen molar-refractivity contribution in [1.29, 1.82) is 0 Å². The first-order chi connectivity index (χ1) is 11.7. The van der Waals surface area contributed by atoms with Gasteiger partial charge in [-0.05, 0) is 53.0 Å². The maximum atomic E-state index is 12.2. The smallest absolute Gasteiger partial charge is 0.191 e. The van der Waals surface area contributed by atoms with Gasteiger partial charge in [0, 0.05) is 12.6 Å². The Morgan fingerprint density at radius 3 is 2.40 bits per heavy atom. The molecule has 1 aromatic rings. The van der Waals surface area contributed by atoms with Crippen LogP contribution in [0.1, 0.15) is 46.6 Å². The molecular weight excluding hydrogens is 334 g/mol. The summed E-state index contributed by atoms with van der Waals surface area (Å²) in [5.74, 6) is 0.734. The summed E-state index contributed by atoms with van der Waals surface area (Å²) in [4.78, 5) is 4.42. The van der Waals surface area contributed by atoms with Gasteiger partial charge in [0.05, 0.1) is 17.0 Å². The van der Waals surface area contributed by atoms with Crippen LogP contribution in [0.2, 0.25) is 0 Å². The van der Waals surface area contributed by atoms with E-state index in [4.69, 9.17) is 0 Å². The quantitative estimate of drug-likeness (QED) is 0.547. The van der Waals surface area contributed by atoms with E-state index >= 15 is 0 Å². The monoisotopic (exact) mass is 367 g/mol. The number of nitrogens with one attached hydrogen (secondary N) is 2. The van der Waals surface area contributed by atoms with E-state index in [0.717, 1.165) is 19.4 Å². The van der Waals surface area contributed by atoms with E-state index in [9.17, 15) is 8.42 Å². The Morgan fingerprint density at radius 1 is 1.20 bits per heavy atom.